The smallest absolute Gasteiger partial charge is 0.410 e. The third-order valence-electron chi connectivity index (χ3n) is 3.43. The Morgan fingerprint density at radius 3 is 2.87 bits per heavy atom. The number of ether oxygens (including phenoxy) is 2. The van der Waals surface area contributed by atoms with Crippen LogP contribution in [-0.4, -0.2) is 53.7 Å². The summed E-state index contributed by atoms with van der Waals surface area (Å²) in [6.07, 6.45) is 3.25. The molecule has 6 nitrogen and oxygen atoms in total. The average Bonchev–Trinajstić information content (AvgIpc) is 3.00. The number of rotatable bonds is 5. The van der Waals surface area contributed by atoms with Crippen molar-refractivity contribution in [3.8, 4) is 0 Å². The van der Waals surface area contributed by atoms with E-state index in [1.54, 1.807) is 16.5 Å². The molecule has 7 heteroatoms. The highest BCUT2D eigenvalue weighted by atomic mass is 32.1. The van der Waals surface area contributed by atoms with E-state index < -0.39 is 5.60 Å². The number of amides is 1. The number of carbonyl (C=O) groups is 2. The minimum atomic E-state index is -0.485. The van der Waals surface area contributed by atoms with Gasteiger partial charge < -0.3 is 14.4 Å². The van der Waals surface area contributed by atoms with Gasteiger partial charge in [-0.1, -0.05) is 0 Å². The minimum Gasteiger partial charge on any atom is -0.444 e. The van der Waals surface area contributed by atoms with Crippen LogP contribution in [-0.2, 0) is 9.47 Å². The lowest BCUT2D eigenvalue weighted by Gasteiger charge is -2.34. The zero-order chi connectivity index (χ0) is 16.9. The Morgan fingerprint density at radius 1 is 1.43 bits per heavy atom. The number of hydrogen-bond acceptors (Lipinski definition) is 6. The molecule has 0 bridgehead atoms. The number of ketones is 1. The lowest BCUT2D eigenvalue weighted by atomic mass is 9.99. The fourth-order valence-corrected chi connectivity index (χ4v) is 3.00. The molecule has 0 saturated carbocycles. The molecule has 1 aromatic rings. The molecule has 0 N–H and O–H groups in total. The second kappa shape index (κ2) is 7.88. The van der Waals surface area contributed by atoms with E-state index in [0.717, 1.165) is 12.8 Å². The maximum Gasteiger partial charge on any atom is 0.410 e. The molecule has 1 atom stereocenters. The number of carbonyl (C=O) groups excluding carboxylic acids is 2. The monoisotopic (exact) mass is 340 g/mol. The molecule has 0 spiro atoms. The van der Waals surface area contributed by atoms with Gasteiger partial charge in [-0.25, -0.2) is 9.78 Å². The van der Waals surface area contributed by atoms with Gasteiger partial charge in [-0.2, -0.15) is 0 Å². The maximum atomic E-state index is 12.1. The summed E-state index contributed by atoms with van der Waals surface area (Å²) in [4.78, 5) is 29.6. The SMILES string of the molecule is CC(C)(C)OC(=O)N1CCC[C@@H](COCC(=O)c2nccs2)C1. The molecule has 0 aromatic carbocycles. The molecule has 1 saturated heterocycles. The van der Waals surface area contributed by atoms with Crippen molar-refractivity contribution < 1.29 is 19.1 Å². The van der Waals surface area contributed by atoms with E-state index >= 15 is 0 Å². The van der Waals surface area contributed by atoms with Gasteiger partial charge >= 0.3 is 6.09 Å². The first-order valence-electron chi connectivity index (χ1n) is 7.83. The second-order valence-electron chi connectivity index (χ2n) is 6.71. The number of nitrogens with zero attached hydrogens (tertiary/aromatic N) is 2. The summed E-state index contributed by atoms with van der Waals surface area (Å²) in [5, 5.41) is 2.25. The third kappa shape index (κ3) is 5.91. The lowest BCUT2D eigenvalue weighted by molar-refractivity contribution is 0.00786. The van der Waals surface area contributed by atoms with Crippen molar-refractivity contribution in [2.45, 2.75) is 39.2 Å². The predicted octanol–water partition coefficient (Wildman–Crippen LogP) is 2.99. The highest BCUT2D eigenvalue weighted by Crippen LogP contribution is 2.19. The van der Waals surface area contributed by atoms with Crippen molar-refractivity contribution in [1.82, 2.24) is 9.88 Å². The van der Waals surface area contributed by atoms with Crippen LogP contribution in [0.1, 0.15) is 43.4 Å². The molecule has 2 rings (SSSR count). The van der Waals surface area contributed by atoms with Crippen LogP contribution in [0.4, 0.5) is 4.79 Å². The highest BCUT2D eigenvalue weighted by Gasteiger charge is 2.27. The van der Waals surface area contributed by atoms with Crippen molar-refractivity contribution in [3.05, 3.63) is 16.6 Å². The Kier molecular flexibility index (Phi) is 6.12. The molecular formula is C16H24N2O4S. The van der Waals surface area contributed by atoms with Crippen molar-refractivity contribution in [3.63, 3.8) is 0 Å². The molecule has 1 aromatic heterocycles. The van der Waals surface area contributed by atoms with Crippen LogP contribution in [0.25, 0.3) is 0 Å². The van der Waals surface area contributed by atoms with E-state index in [1.807, 2.05) is 20.8 Å². The van der Waals surface area contributed by atoms with E-state index in [1.165, 1.54) is 11.3 Å². The van der Waals surface area contributed by atoms with Gasteiger partial charge in [-0.15, -0.1) is 11.3 Å². The first kappa shape index (κ1) is 17.9. The molecule has 2 heterocycles. The normalized spacial score (nSPS) is 18.7. The Bertz CT molecular complexity index is 525. The Labute approximate surface area is 140 Å². The molecule has 0 radical (unpaired) electrons. The van der Waals surface area contributed by atoms with Crippen molar-refractivity contribution in [1.29, 1.82) is 0 Å². The zero-order valence-electron chi connectivity index (χ0n) is 13.9. The van der Waals surface area contributed by atoms with Crippen LogP contribution in [0.2, 0.25) is 0 Å². The van der Waals surface area contributed by atoms with Gasteiger partial charge in [-0.05, 0) is 33.6 Å². The number of thiazole rings is 1. The summed E-state index contributed by atoms with van der Waals surface area (Å²) in [7, 11) is 0. The average molecular weight is 340 g/mol. The van der Waals surface area contributed by atoms with E-state index in [-0.39, 0.29) is 24.4 Å². The van der Waals surface area contributed by atoms with Crippen LogP contribution >= 0.6 is 11.3 Å². The number of likely N-dealkylation sites (tertiary alicyclic amines) is 1. The van der Waals surface area contributed by atoms with E-state index in [9.17, 15) is 9.59 Å². The highest BCUT2D eigenvalue weighted by molar-refractivity contribution is 7.11. The molecule has 1 fully saturated rings. The molecule has 1 aliphatic rings. The number of hydrogen-bond donors (Lipinski definition) is 0. The summed E-state index contributed by atoms with van der Waals surface area (Å²) >= 11 is 1.32. The number of aromatic nitrogens is 1. The second-order valence-corrected chi connectivity index (χ2v) is 7.60. The van der Waals surface area contributed by atoms with Crippen LogP contribution in [0.15, 0.2) is 11.6 Å². The molecule has 128 valence electrons. The van der Waals surface area contributed by atoms with Gasteiger partial charge in [0.25, 0.3) is 0 Å². The van der Waals surface area contributed by atoms with Crippen LogP contribution in [0.5, 0.6) is 0 Å². The lowest BCUT2D eigenvalue weighted by Crippen LogP contribution is -2.43. The molecule has 1 amide bonds. The van der Waals surface area contributed by atoms with Crippen LogP contribution in [0, 0.1) is 5.92 Å². The molecular weight excluding hydrogens is 316 g/mol. The predicted molar refractivity (Wildman–Crippen MR) is 87.8 cm³/mol. The molecule has 0 aliphatic carbocycles. The van der Waals surface area contributed by atoms with Gasteiger partial charge in [0.05, 0.1) is 6.61 Å². The van der Waals surface area contributed by atoms with Crippen LogP contribution in [0.3, 0.4) is 0 Å². The largest absolute Gasteiger partial charge is 0.444 e. The van der Waals surface area contributed by atoms with E-state index in [0.29, 0.717) is 24.7 Å². The maximum absolute atomic E-state index is 12.1. The summed E-state index contributed by atoms with van der Waals surface area (Å²) in [5.41, 5.74) is -0.485. The van der Waals surface area contributed by atoms with E-state index in [4.69, 9.17) is 9.47 Å². The summed E-state index contributed by atoms with van der Waals surface area (Å²) in [6, 6.07) is 0. The Hall–Kier alpha value is -1.47. The van der Waals surface area contributed by atoms with Gasteiger partial charge in [0.1, 0.15) is 12.2 Å². The topological polar surface area (TPSA) is 68.7 Å². The molecule has 1 aliphatic heterocycles. The first-order chi connectivity index (χ1) is 10.8. The van der Waals surface area contributed by atoms with E-state index in [2.05, 4.69) is 4.98 Å². The zero-order valence-corrected chi connectivity index (χ0v) is 14.7. The van der Waals surface area contributed by atoms with Gasteiger partial charge in [-0.3, -0.25) is 4.79 Å². The van der Waals surface area contributed by atoms with Gasteiger partial charge in [0.15, 0.2) is 5.01 Å². The van der Waals surface area contributed by atoms with Crippen LogP contribution < -0.4 is 0 Å². The minimum absolute atomic E-state index is 0.0381. The van der Waals surface area contributed by atoms with Crippen molar-refractivity contribution in [2.75, 3.05) is 26.3 Å². The first-order valence-corrected chi connectivity index (χ1v) is 8.71. The molecule has 23 heavy (non-hydrogen) atoms. The molecule has 0 unspecified atom stereocenters. The Morgan fingerprint density at radius 2 is 2.22 bits per heavy atom. The summed E-state index contributed by atoms with van der Waals surface area (Å²) in [6.45, 7) is 7.41. The fraction of sp³-hybridized carbons (Fsp3) is 0.688. The fourth-order valence-electron chi connectivity index (χ4n) is 2.43. The number of piperidine rings is 1. The summed E-state index contributed by atoms with van der Waals surface area (Å²) in [5.74, 6) is 0.139. The summed E-state index contributed by atoms with van der Waals surface area (Å²) < 4.78 is 10.9. The van der Waals surface area contributed by atoms with Gasteiger partial charge in [0, 0.05) is 30.6 Å². The third-order valence-corrected chi connectivity index (χ3v) is 4.24. The van der Waals surface area contributed by atoms with Gasteiger partial charge in [0.2, 0.25) is 5.78 Å². The number of Topliss-reactive ketones (excluding diaryl/α,β-unsaturated/α-hetero) is 1. The Balaban J connectivity index is 1.73. The van der Waals surface area contributed by atoms with Crippen molar-refractivity contribution >= 4 is 23.2 Å². The standard InChI is InChI=1S/C16H24N2O4S/c1-16(2,3)22-15(20)18-7-4-5-12(9-18)10-21-11-13(19)14-17-6-8-23-14/h6,8,12H,4-5,7,9-11H2,1-3H3/t12-/m1/s1. The quantitative estimate of drug-likeness (QED) is 0.771. The van der Waals surface area contributed by atoms with Crippen molar-refractivity contribution in [2.24, 2.45) is 5.92 Å².